The average Bonchev–Trinajstić information content (AvgIpc) is 2.51. The highest BCUT2D eigenvalue weighted by molar-refractivity contribution is 5.43. The van der Waals surface area contributed by atoms with Crippen molar-refractivity contribution in [2.45, 2.75) is 19.0 Å². The number of methoxy groups -OCH3 is 1. The molecule has 0 atom stereocenters. The van der Waals surface area contributed by atoms with Crippen LogP contribution in [-0.4, -0.2) is 18.6 Å². The zero-order valence-corrected chi connectivity index (χ0v) is 12.2. The number of pyridine rings is 1. The first kappa shape index (κ1) is 16.1. The number of nitrogens with zero attached hydrogens (tertiary/aromatic N) is 1. The van der Waals surface area contributed by atoms with Gasteiger partial charge in [0.25, 0.3) is 0 Å². The van der Waals surface area contributed by atoms with E-state index in [0.717, 1.165) is 36.4 Å². The zero-order chi connectivity index (χ0) is 16.0. The molecule has 0 saturated carbocycles. The van der Waals surface area contributed by atoms with Crippen LogP contribution in [0, 0.1) is 0 Å². The van der Waals surface area contributed by atoms with Crippen molar-refractivity contribution in [1.29, 1.82) is 0 Å². The van der Waals surface area contributed by atoms with E-state index in [2.05, 4.69) is 10.3 Å². The Morgan fingerprint density at radius 1 is 1.18 bits per heavy atom. The fourth-order valence-electron chi connectivity index (χ4n) is 2.05. The Hall–Kier alpha value is -2.24. The molecule has 0 saturated heterocycles. The summed E-state index contributed by atoms with van der Waals surface area (Å²) in [6, 6.07) is 10.3. The summed E-state index contributed by atoms with van der Waals surface area (Å²) >= 11 is 0. The minimum atomic E-state index is -4.42. The number of alkyl halides is 3. The lowest BCUT2D eigenvalue weighted by Crippen LogP contribution is -2.09. The van der Waals surface area contributed by atoms with Gasteiger partial charge in [-0.05, 0) is 42.7 Å². The number of anilines is 1. The largest absolute Gasteiger partial charge is 0.497 e. The molecule has 1 aromatic carbocycles. The normalized spacial score (nSPS) is 11.3. The molecule has 0 fully saturated rings. The highest BCUT2D eigenvalue weighted by atomic mass is 19.4. The van der Waals surface area contributed by atoms with Crippen molar-refractivity contribution in [3.63, 3.8) is 0 Å². The Bertz CT molecular complexity index is 614. The lowest BCUT2D eigenvalue weighted by molar-refractivity contribution is -0.141. The van der Waals surface area contributed by atoms with E-state index in [0.29, 0.717) is 12.2 Å². The molecule has 6 heteroatoms. The molecule has 0 radical (unpaired) electrons. The molecule has 0 bridgehead atoms. The van der Waals surface area contributed by atoms with Gasteiger partial charge in [0.2, 0.25) is 0 Å². The van der Waals surface area contributed by atoms with Gasteiger partial charge >= 0.3 is 6.18 Å². The van der Waals surface area contributed by atoms with Gasteiger partial charge in [-0.1, -0.05) is 12.1 Å². The summed E-state index contributed by atoms with van der Waals surface area (Å²) in [4.78, 5) is 3.33. The van der Waals surface area contributed by atoms with Crippen molar-refractivity contribution >= 4 is 5.69 Å². The third-order valence-electron chi connectivity index (χ3n) is 3.16. The topological polar surface area (TPSA) is 34.1 Å². The van der Waals surface area contributed by atoms with E-state index in [1.165, 1.54) is 6.07 Å². The lowest BCUT2D eigenvalue weighted by atomic mass is 10.1. The maximum atomic E-state index is 12.5. The van der Waals surface area contributed by atoms with Gasteiger partial charge in [-0.3, -0.25) is 4.98 Å². The van der Waals surface area contributed by atoms with E-state index < -0.39 is 11.9 Å². The Morgan fingerprint density at radius 3 is 2.73 bits per heavy atom. The summed E-state index contributed by atoms with van der Waals surface area (Å²) in [7, 11) is 1.61. The van der Waals surface area contributed by atoms with Gasteiger partial charge < -0.3 is 10.1 Å². The Balaban J connectivity index is 1.84. The Morgan fingerprint density at radius 2 is 2.00 bits per heavy atom. The molecule has 2 rings (SSSR count). The smallest absolute Gasteiger partial charge is 0.433 e. The summed E-state index contributed by atoms with van der Waals surface area (Å²) in [5.41, 5.74) is 0.671. The van der Waals surface area contributed by atoms with Crippen molar-refractivity contribution < 1.29 is 17.9 Å². The monoisotopic (exact) mass is 310 g/mol. The molecule has 0 amide bonds. The van der Waals surface area contributed by atoms with E-state index in [-0.39, 0.29) is 0 Å². The molecule has 0 aliphatic heterocycles. The number of hydrogen-bond donors (Lipinski definition) is 1. The minimum Gasteiger partial charge on any atom is -0.497 e. The van der Waals surface area contributed by atoms with Crippen LogP contribution in [0.1, 0.15) is 17.7 Å². The minimum absolute atomic E-state index is 0.424. The van der Waals surface area contributed by atoms with Crippen LogP contribution in [0.15, 0.2) is 42.6 Å². The van der Waals surface area contributed by atoms with Gasteiger partial charge in [0.05, 0.1) is 7.11 Å². The predicted octanol–water partition coefficient (Wildman–Crippen LogP) is 4.15. The lowest BCUT2D eigenvalue weighted by Gasteiger charge is -2.10. The van der Waals surface area contributed by atoms with E-state index in [4.69, 9.17) is 4.74 Å². The van der Waals surface area contributed by atoms with E-state index >= 15 is 0 Å². The van der Waals surface area contributed by atoms with Crippen LogP contribution in [0.3, 0.4) is 0 Å². The molecule has 22 heavy (non-hydrogen) atoms. The van der Waals surface area contributed by atoms with E-state index in [1.54, 1.807) is 7.11 Å². The second-order valence-electron chi connectivity index (χ2n) is 4.81. The first-order chi connectivity index (χ1) is 10.5. The maximum Gasteiger partial charge on any atom is 0.433 e. The predicted molar refractivity (Wildman–Crippen MR) is 79.0 cm³/mol. The summed E-state index contributed by atoms with van der Waals surface area (Å²) < 4.78 is 42.8. The third kappa shape index (κ3) is 4.65. The molecule has 0 aliphatic carbocycles. The molecule has 1 heterocycles. The first-order valence-corrected chi connectivity index (χ1v) is 6.89. The maximum absolute atomic E-state index is 12.5. The van der Waals surface area contributed by atoms with Crippen LogP contribution in [0.25, 0.3) is 0 Å². The van der Waals surface area contributed by atoms with Gasteiger partial charge in [0, 0.05) is 18.4 Å². The fraction of sp³-hybridized carbons (Fsp3) is 0.312. The number of nitrogens with one attached hydrogen (secondary N) is 1. The van der Waals surface area contributed by atoms with Crippen LogP contribution in [0.2, 0.25) is 0 Å². The van der Waals surface area contributed by atoms with Crippen molar-refractivity contribution in [3.8, 4) is 5.75 Å². The number of hydrogen-bond acceptors (Lipinski definition) is 3. The van der Waals surface area contributed by atoms with Gasteiger partial charge in [-0.25, -0.2) is 0 Å². The summed E-state index contributed by atoms with van der Waals surface area (Å²) in [6.07, 6.45) is -1.64. The van der Waals surface area contributed by atoms with E-state index in [1.807, 2.05) is 24.3 Å². The second-order valence-corrected chi connectivity index (χ2v) is 4.81. The molecule has 0 spiro atoms. The number of aryl methyl sites for hydroxylation is 1. The van der Waals surface area contributed by atoms with Crippen LogP contribution in [0.4, 0.5) is 18.9 Å². The number of aromatic nitrogens is 1. The van der Waals surface area contributed by atoms with Crippen LogP contribution in [0.5, 0.6) is 5.75 Å². The fourth-order valence-corrected chi connectivity index (χ4v) is 2.05. The van der Waals surface area contributed by atoms with Gasteiger partial charge in [0.1, 0.15) is 11.4 Å². The molecular formula is C16H17F3N2O. The van der Waals surface area contributed by atoms with Crippen molar-refractivity contribution in [1.82, 2.24) is 4.98 Å². The molecule has 3 nitrogen and oxygen atoms in total. The number of benzene rings is 1. The van der Waals surface area contributed by atoms with E-state index in [9.17, 15) is 13.2 Å². The highest BCUT2D eigenvalue weighted by Gasteiger charge is 2.32. The second kappa shape index (κ2) is 7.15. The Labute approximate surface area is 127 Å². The highest BCUT2D eigenvalue weighted by Crippen LogP contribution is 2.28. The zero-order valence-electron chi connectivity index (χ0n) is 12.2. The number of halogens is 3. The summed E-state index contributed by atoms with van der Waals surface area (Å²) in [6.45, 7) is 0.582. The van der Waals surface area contributed by atoms with Crippen LogP contribution in [-0.2, 0) is 12.6 Å². The molecular weight excluding hydrogens is 293 g/mol. The molecule has 1 N–H and O–H groups in total. The average molecular weight is 310 g/mol. The van der Waals surface area contributed by atoms with Crippen LogP contribution >= 0.6 is 0 Å². The number of ether oxygens (including phenoxy) is 1. The molecule has 0 aliphatic rings. The third-order valence-corrected chi connectivity index (χ3v) is 3.16. The quantitative estimate of drug-likeness (QED) is 0.814. The first-order valence-electron chi connectivity index (χ1n) is 6.89. The van der Waals surface area contributed by atoms with Gasteiger partial charge in [-0.2, -0.15) is 13.2 Å². The molecule has 0 unspecified atom stereocenters. The van der Waals surface area contributed by atoms with Crippen molar-refractivity contribution in [2.24, 2.45) is 0 Å². The molecule has 1 aromatic heterocycles. The summed E-state index contributed by atoms with van der Waals surface area (Å²) in [5, 5.41) is 2.98. The standard InChI is InChI=1S/C16H17F3N2O/c1-22-14-6-2-4-12(10-14)5-3-8-20-13-7-9-21-15(11-13)16(17,18)19/h2,4,6-7,9-11H,3,5,8H2,1H3,(H,20,21). The molecule has 118 valence electrons. The van der Waals surface area contributed by atoms with Crippen LogP contribution < -0.4 is 10.1 Å². The van der Waals surface area contributed by atoms with Gasteiger partial charge in [0.15, 0.2) is 0 Å². The van der Waals surface area contributed by atoms with Crippen molar-refractivity contribution in [2.75, 3.05) is 19.0 Å². The molecule has 2 aromatic rings. The van der Waals surface area contributed by atoms with Crippen molar-refractivity contribution in [3.05, 3.63) is 53.9 Å². The summed E-state index contributed by atoms with van der Waals surface area (Å²) in [5.74, 6) is 0.800. The SMILES string of the molecule is COc1cccc(CCCNc2ccnc(C(F)(F)F)c2)c1. The Kier molecular flexibility index (Phi) is 5.25. The number of rotatable bonds is 6. The van der Waals surface area contributed by atoms with Gasteiger partial charge in [-0.15, -0.1) is 0 Å².